The molecule has 2 N–H and O–H groups in total. The van der Waals surface area contributed by atoms with Crippen molar-refractivity contribution in [3.8, 4) is 0 Å². The van der Waals surface area contributed by atoms with E-state index in [2.05, 4.69) is 15.2 Å². The summed E-state index contributed by atoms with van der Waals surface area (Å²) in [6.45, 7) is 4.81. The molecule has 1 unspecified atom stereocenters. The van der Waals surface area contributed by atoms with Gasteiger partial charge in [-0.1, -0.05) is 0 Å². The highest BCUT2D eigenvalue weighted by atomic mass is 16.4. The number of carbonyl (C=O) groups is 2. The maximum atomic E-state index is 12.1. The number of nitrogens with zero attached hydrogens (tertiary/aromatic N) is 2. The Morgan fingerprint density at radius 3 is 2.80 bits per heavy atom. The zero-order valence-electron chi connectivity index (χ0n) is 11.5. The Kier molecular flexibility index (Phi) is 4.68. The van der Waals surface area contributed by atoms with Gasteiger partial charge in [0.2, 0.25) is 0 Å². The highest BCUT2D eigenvalue weighted by molar-refractivity contribution is 6.03. The summed E-state index contributed by atoms with van der Waals surface area (Å²) >= 11 is 0. The van der Waals surface area contributed by atoms with Crippen molar-refractivity contribution in [2.75, 3.05) is 19.6 Å². The zero-order valence-corrected chi connectivity index (χ0v) is 11.5. The summed E-state index contributed by atoms with van der Waals surface area (Å²) in [5, 5.41) is 11.9. The van der Waals surface area contributed by atoms with E-state index in [9.17, 15) is 9.59 Å². The van der Waals surface area contributed by atoms with Crippen LogP contribution in [0, 0.1) is 0 Å². The van der Waals surface area contributed by atoms with E-state index < -0.39 is 11.9 Å². The molecule has 20 heavy (non-hydrogen) atoms. The molecule has 6 nitrogen and oxygen atoms in total. The summed E-state index contributed by atoms with van der Waals surface area (Å²) in [6.07, 6.45) is 3.82. The first-order chi connectivity index (χ1) is 9.58. The van der Waals surface area contributed by atoms with Gasteiger partial charge in [0, 0.05) is 18.8 Å². The van der Waals surface area contributed by atoms with Crippen molar-refractivity contribution in [2.45, 2.75) is 25.8 Å². The molecular formula is C14H19N3O3. The molecule has 1 atom stereocenters. The van der Waals surface area contributed by atoms with Gasteiger partial charge in [-0.3, -0.25) is 9.78 Å². The van der Waals surface area contributed by atoms with E-state index in [0.29, 0.717) is 0 Å². The van der Waals surface area contributed by atoms with Gasteiger partial charge < -0.3 is 15.3 Å². The van der Waals surface area contributed by atoms with Gasteiger partial charge in [-0.05, 0) is 45.0 Å². The van der Waals surface area contributed by atoms with Gasteiger partial charge in [-0.15, -0.1) is 0 Å². The first kappa shape index (κ1) is 14.5. The number of rotatable bonds is 5. The van der Waals surface area contributed by atoms with Crippen molar-refractivity contribution in [1.29, 1.82) is 0 Å². The van der Waals surface area contributed by atoms with E-state index in [0.717, 1.165) is 19.6 Å². The van der Waals surface area contributed by atoms with Crippen molar-refractivity contribution < 1.29 is 14.7 Å². The predicted molar refractivity (Wildman–Crippen MR) is 73.8 cm³/mol. The van der Waals surface area contributed by atoms with Crippen LogP contribution in [0.5, 0.6) is 0 Å². The zero-order chi connectivity index (χ0) is 14.5. The minimum atomic E-state index is -1.14. The van der Waals surface area contributed by atoms with E-state index in [1.807, 2.05) is 6.92 Å². The molecule has 2 rings (SSSR count). The topological polar surface area (TPSA) is 82.5 Å². The third-order valence-corrected chi connectivity index (χ3v) is 3.36. The molecule has 1 amide bonds. The molecule has 0 saturated carbocycles. The van der Waals surface area contributed by atoms with Crippen molar-refractivity contribution >= 4 is 11.9 Å². The second-order valence-electron chi connectivity index (χ2n) is 5.09. The molecular weight excluding hydrogens is 258 g/mol. The van der Waals surface area contributed by atoms with Gasteiger partial charge in [-0.2, -0.15) is 0 Å². The van der Waals surface area contributed by atoms with E-state index in [1.165, 1.54) is 31.2 Å². The molecule has 0 aliphatic carbocycles. The minimum absolute atomic E-state index is 0.0340. The lowest BCUT2D eigenvalue weighted by Gasteiger charge is -2.21. The van der Waals surface area contributed by atoms with Crippen LogP contribution < -0.4 is 5.32 Å². The molecule has 0 radical (unpaired) electrons. The molecule has 1 aliphatic rings. The molecule has 0 spiro atoms. The van der Waals surface area contributed by atoms with Crippen molar-refractivity contribution in [2.24, 2.45) is 0 Å². The monoisotopic (exact) mass is 277 g/mol. The van der Waals surface area contributed by atoms with Gasteiger partial charge in [0.25, 0.3) is 5.91 Å². The summed E-state index contributed by atoms with van der Waals surface area (Å²) in [7, 11) is 0. The van der Waals surface area contributed by atoms with Crippen LogP contribution in [0.15, 0.2) is 18.3 Å². The average molecular weight is 277 g/mol. The summed E-state index contributed by atoms with van der Waals surface area (Å²) in [5.74, 6) is -1.58. The van der Waals surface area contributed by atoms with Crippen LogP contribution in [0.25, 0.3) is 0 Å². The number of hydrogen-bond acceptors (Lipinski definition) is 4. The lowest BCUT2D eigenvalue weighted by molar-refractivity contribution is 0.0689. The summed E-state index contributed by atoms with van der Waals surface area (Å²) in [5.41, 5.74) is -0.105. The highest BCUT2D eigenvalue weighted by Crippen LogP contribution is 2.09. The minimum Gasteiger partial charge on any atom is -0.478 e. The summed E-state index contributed by atoms with van der Waals surface area (Å²) < 4.78 is 0. The van der Waals surface area contributed by atoms with Crippen molar-refractivity contribution in [1.82, 2.24) is 15.2 Å². The van der Waals surface area contributed by atoms with Gasteiger partial charge in [0.15, 0.2) is 0 Å². The summed E-state index contributed by atoms with van der Waals surface area (Å²) in [4.78, 5) is 29.3. The molecule has 1 fully saturated rings. The van der Waals surface area contributed by atoms with E-state index in [-0.39, 0.29) is 17.3 Å². The van der Waals surface area contributed by atoms with Gasteiger partial charge in [0.05, 0.1) is 5.56 Å². The number of carbonyl (C=O) groups excluding carboxylic acids is 1. The third kappa shape index (κ3) is 3.54. The highest BCUT2D eigenvalue weighted by Gasteiger charge is 2.20. The molecule has 1 aromatic heterocycles. The Balaban J connectivity index is 1.98. The Morgan fingerprint density at radius 2 is 2.15 bits per heavy atom. The lowest BCUT2D eigenvalue weighted by Crippen LogP contribution is -2.41. The van der Waals surface area contributed by atoms with Crippen LogP contribution >= 0.6 is 0 Å². The average Bonchev–Trinajstić information content (AvgIpc) is 2.91. The molecule has 1 aliphatic heterocycles. The second-order valence-corrected chi connectivity index (χ2v) is 5.09. The Labute approximate surface area is 117 Å². The van der Waals surface area contributed by atoms with Gasteiger partial charge in [0.1, 0.15) is 5.69 Å². The number of likely N-dealkylation sites (tertiary alicyclic amines) is 1. The van der Waals surface area contributed by atoms with E-state index >= 15 is 0 Å². The first-order valence-corrected chi connectivity index (χ1v) is 6.79. The lowest BCUT2D eigenvalue weighted by atomic mass is 10.1. The standard InChI is InChI=1S/C14H19N3O3/c1-10(9-17-7-2-3-8-17)16-13(18)12-11(14(19)20)5-4-6-15-12/h4-6,10H,2-3,7-9H2,1H3,(H,16,18)(H,19,20). The van der Waals surface area contributed by atoms with Gasteiger partial charge >= 0.3 is 5.97 Å². The molecule has 6 heteroatoms. The van der Waals surface area contributed by atoms with Crippen LogP contribution in [0.3, 0.4) is 0 Å². The SMILES string of the molecule is CC(CN1CCCC1)NC(=O)c1ncccc1C(=O)O. The number of pyridine rings is 1. The van der Waals surface area contributed by atoms with E-state index in [4.69, 9.17) is 5.11 Å². The number of nitrogens with one attached hydrogen (secondary N) is 1. The third-order valence-electron chi connectivity index (χ3n) is 3.36. The fraction of sp³-hybridized carbons (Fsp3) is 0.500. The largest absolute Gasteiger partial charge is 0.478 e. The normalized spacial score (nSPS) is 16.9. The van der Waals surface area contributed by atoms with Crippen LogP contribution in [0.1, 0.15) is 40.6 Å². The smallest absolute Gasteiger partial charge is 0.338 e. The quantitative estimate of drug-likeness (QED) is 0.839. The van der Waals surface area contributed by atoms with E-state index in [1.54, 1.807) is 0 Å². The number of carboxylic acids is 1. The molecule has 1 aromatic rings. The predicted octanol–water partition coefficient (Wildman–Crippen LogP) is 0.994. The Bertz CT molecular complexity index is 498. The van der Waals surface area contributed by atoms with Crippen LogP contribution in [0.4, 0.5) is 0 Å². The first-order valence-electron chi connectivity index (χ1n) is 6.79. The maximum Gasteiger partial charge on any atom is 0.338 e. The van der Waals surface area contributed by atoms with Crippen molar-refractivity contribution in [3.05, 3.63) is 29.6 Å². The Hall–Kier alpha value is -1.95. The maximum absolute atomic E-state index is 12.1. The van der Waals surface area contributed by atoms with Crippen LogP contribution in [-0.4, -0.2) is 52.5 Å². The fourth-order valence-electron chi connectivity index (χ4n) is 2.45. The molecule has 0 bridgehead atoms. The molecule has 108 valence electrons. The van der Waals surface area contributed by atoms with Gasteiger partial charge in [-0.25, -0.2) is 4.79 Å². The number of amides is 1. The van der Waals surface area contributed by atoms with Crippen LogP contribution in [0.2, 0.25) is 0 Å². The van der Waals surface area contributed by atoms with Crippen molar-refractivity contribution in [3.63, 3.8) is 0 Å². The number of aromatic nitrogens is 1. The summed E-state index contributed by atoms with van der Waals surface area (Å²) in [6, 6.07) is 2.85. The number of carboxylic acid groups (broad SMARTS) is 1. The van der Waals surface area contributed by atoms with Crippen LogP contribution in [-0.2, 0) is 0 Å². The fourth-order valence-corrected chi connectivity index (χ4v) is 2.45. The number of aromatic carboxylic acids is 1. The second kappa shape index (κ2) is 6.47. The Morgan fingerprint density at radius 1 is 1.45 bits per heavy atom. The number of hydrogen-bond donors (Lipinski definition) is 2. The molecule has 2 heterocycles. The molecule has 1 saturated heterocycles. The molecule has 0 aromatic carbocycles.